The van der Waals surface area contributed by atoms with Crippen molar-refractivity contribution in [1.29, 1.82) is 0 Å². The van der Waals surface area contributed by atoms with Gasteiger partial charge in [-0.05, 0) is 26.2 Å². The van der Waals surface area contributed by atoms with Gasteiger partial charge in [-0.3, -0.25) is 4.79 Å². The number of carbonyl (C=O) groups excluding carboxylic acids is 1. The molecule has 1 rings (SSSR count). The van der Waals surface area contributed by atoms with Gasteiger partial charge in [-0.25, -0.2) is 0 Å². The topological polar surface area (TPSA) is 26.3 Å². The summed E-state index contributed by atoms with van der Waals surface area (Å²) in [6.45, 7) is 2.59. The average molecular weight is 221 g/mol. The third-order valence-electron chi connectivity index (χ3n) is 1.89. The first kappa shape index (κ1) is 9.20. The lowest BCUT2D eigenvalue weighted by atomic mass is 10.0. The maximum atomic E-state index is 11.3. The monoisotopic (exact) mass is 220 g/mol. The van der Waals surface area contributed by atoms with Crippen molar-refractivity contribution >= 4 is 21.7 Å². The molecule has 1 heterocycles. The van der Waals surface area contributed by atoms with Gasteiger partial charge in [-0.15, -0.1) is 0 Å². The molecule has 0 N–H and O–H groups in total. The van der Waals surface area contributed by atoms with Crippen LogP contribution < -0.4 is 0 Å². The van der Waals surface area contributed by atoms with Gasteiger partial charge in [0.1, 0.15) is 6.10 Å². The van der Waals surface area contributed by atoms with Crippen molar-refractivity contribution in [2.24, 2.45) is 0 Å². The van der Waals surface area contributed by atoms with E-state index in [1.807, 2.05) is 6.92 Å². The highest BCUT2D eigenvalue weighted by atomic mass is 79.9. The Kier molecular flexibility index (Phi) is 3.52. The Morgan fingerprint density at radius 3 is 2.82 bits per heavy atom. The van der Waals surface area contributed by atoms with Crippen LogP contribution in [0.3, 0.4) is 0 Å². The molecule has 2 nitrogen and oxygen atoms in total. The molecule has 0 bridgehead atoms. The summed E-state index contributed by atoms with van der Waals surface area (Å²) in [5.41, 5.74) is 0. The molecule has 1 fully saturated rings. The van der Waals surface area contributed by atoms with Gasteiger partial charge in [0.05, 0.1) is 4.83 Å². The van der Waals surface area contributed by atoms with Crippen molar-refractivity contribution in [2.45, 2.75) is 37.1 Å². The summed E-state index contributed by atoms with van der Waals surface area (Å²) < 4.78 is 5.32. The molecule has 0 spiro atoms. The van der Waals surface area contributed by atoms with Gasteiger partial charge in [0.25, 0.3) is 0 Å². The number of ketones is 1. The zero-order valence-corrected chi connectivity index (χ0v) is 8.26. The van der Waals surface area contributed by atoms with Crippen LogP contribution in [0.2, 0.25) is 0 Å². The SMILES string of the molecule is CC(Br)C(=O)C1CCCCO1. The van der Waals surface area contributed by atoms with Crippen molar-refractivity contribution < 1.29 is 9.53 Å². The third kappa shape index (κ3) is 2.56. The van der Waals surface area contributed by atoms with Gasteiger partial charge in [0.2, 0.25) is 0 Å². The van der Waals surface area contributed by atoms with Crippen LogP contribution in [0, 0.1) is 0 Å². The molecule has 3 heteroatoms. The molecule has 1 aliphatic heterocycles. The number of Topliss-reactive ketones (excluding diaryl/α,β-unsaturated/α-hetero) is 1. The summed E-state index contributed by atoms with van der Waals surface area (Å²) in [6, 6.07) is 0. The summed E-state index contributed by atoms with van der Waals surface area (Å²) in [4.78, 5) is 11.3. The van der Waals surface area contributed by atoms with Crippen molar-refractivity contribution in [3.05, 3.63) is 0 Å². The number of alkyl halides is 1. The second-order valence-electron chi connectivity index (χ2n) is 2.87. The maximum absolute atomic E-state index is 11.3. The van der Waals surface area contributed by atoms with Gasteiger partial charge >= 0.3 is 0 Å². The van der Waals surface area contributed by atoms with Crippen molar-refractivity contribution in [1.82, 2.24) is 0 Å². The van der Waals surface area contributed by atoms with Crippen LogP contribution in [0.5, 0.6) is 0 Å². The summed E-state index contributed by atoms with van der Waals surface area (Å²) in [5, 5.41) is 0. The van der Waals surface area contributed by atoms with E-state index in [-0.39, 0.29) is 16.7 Å². The van der Waals surface area contributed by atoms with E-state index in [0.717, 1.165) is 25.9 Å². The minimum absolute atomic E-state index is 0.0643. The third-order valence-corrected chi connectivity index (χ3v) is 2.34. The lowest BCUT2D eigenvalue weighted by molar-refractivity contribution is -0.132. The van der Waals surface area contributed by atoms with Gasteiger partial charge in [-0.1, -0.05) is 15.9 Å². The number of ether oxygens (including phenoxy) is 1. The van der Waals surface area contributed by atoms with E-state index in [0.29, 0.717) is 0 Å². The van der Waals surface area contributed by atoms with Gasteiger partial charge in [0, 0.05) is 6.61 Å². The highest BCUT2D eigenvalue weighted by Crippen LogP contribution is 2.16. The van der Waals surface area contributed by atoms with E-state index < -0.39 is 0 Å². The summed E-state index contributed by atoms with van der Waals surface area (Å²) in [6.07, 6.45) is 2.98. The van der Waals surface area contributed by atoms with Crippen molar-refractivity contribution in [3.8, 4) is 0 Å². The number of halogens is 1. The summed E-state index contributed by atoms with van der Waals surface area (Å²) in [7, 11) is 0. The molecule has 64 valence electrons. The molecule has 0 saturated carbocycles. The van der Waals surface area contributed by atoms with Gasteiger partial charge in [0.15, 0.2) is 5.78 Å². The minimum Gasteiger partial charge on any atom is -0.370 e. The largest absolute Gasteiger partial charge is 0.370 e. The number of rotatable bonds is 2. The van der Waals surface area contributed by atoms with E-state index in [4.69, 9.17) is 4.74 Å². The highest BCUT2D eigenvalue weighted by molar-refractivity contribution is 9.10. The van der Waals surface area contributed by atoms with Gasteiger partial charge in [-0.2, -0.15) is 0 Å². The lowest BCUT2D eigenvalue weighted by Gasteiger charge is -2.22. The molecule has 11 heavy (non-hydrogen) atoms. The van der Waals surface area contributed by atoms with Crippen molar-refractivity contribution in [3.63, 3.8) is 0 Å². The van der Waals surface area contributed by atoms with Crippen LogP contribution in [0.25, 0.3) is 0 Å². The molecule has 1 aliphatic rings. The Balaban J connectivity index is 2.39. The number of hydrogen-bond donors (Lipinski definition) is 0. The molecular weight excluding hydrogens is 208 g/mol. The maximum Gasteiger partial charge on any atom is 0.174 e. The summed E-state index contributed by atoms with van der Waals surface area (Å²) >= 11 is 3.25. The molecule has 0 aromatic rings. The predicted molar refractivity (Wildman–Crippen MR) is 47.0 cm³/mol. The molecule has 1 saturated heterocycles. The van der Waals surface area contributed by atoms with E-state index in [9.17, 15) is 4.79 Å². The molecule has 0 amide bonds. The van der Waals surface area contributed by atoms with Gasteiger partial charge < -0.3 is 4.74 Å². The van der Waals surface area contributed by atoms with Crippen LogP contribution in [0.1, 0.15) is 26.2 Å². The zero-order valence-electron chi connectivity index (χ0n) is 6.68. The van der Waals surface area contributed by atoms with E-state index in [1.165, 1.54) is 0 Å². The van der Waals surface area contributed by atoms with Crippen LogP contribution in [-0.4, -0.2) is 23.3 Å². The van der Waals surface area contributed by atoms with Crippen LogP contribution in [0.15, 0.2) is 0 Å². The highest BCUT2D eigenvalue weighted by Gasteiger charge is 2.24. The first-order valence-electron chi connectivity index (χ1n) is 4.01. The molecule has 0 aliphatic carbocycles. The van der Waals surface area contributed by atoms with Crippen LogP contribution in [-0.2, 0) is 9.53 Å². The fourth-order valence-corrected chi connectivity index (χ4v) is 1.52. The number of carbonyl (C=O) groups is 1. The standard InChI is InChI=1S/C8H13BrO2/c1-6(9)8(10)7-4-2-3-5-11-7/h6-7H,2-5H2,1H3. The number of hydrogen-bond acceptors (Lipinski definition) is 2. The minimum atomic E-state index is -0.141. The molecule has 0 radical (unpaired) electrons. The lowest BCUT2D eigenvalue weighted by Crippen LogP contribution is -2.32. The Bertz CT molecular complexity index is 139. The Morgan fingerprint density at radius 2 is 2.36 bits per heavy atom. The predicted octanol–water partition coefficient (Wildman–Crippen LogP) is 1.91. The Morgan fingerprint density at radius 1 is 1.64 bits per heavy atom. The molecule has 2 unspecified atom stereocenters. The van der Waals surface area contributed by atoms with Crippen LogP contribution >= 0.6 is 15.9 Å². The second-order valence-corrected chi connectivity index (χ2v) is 4.25. The second kappa shape index (κ2) is 4.21. The molecular formula is C8H13BrO2. The zero-order chi connectivity index (χ0) is 8.27. The Labute approximate surface area is 75.4 Å². The molecule has 2 atom stereocenters. The quantitative estimate of drug-likeness (QED) is 0.665. The fourth-order valence-electron chi connectivity index (χ4n) is 1.22. The van der Waals surface area contributed by atoms with E-state index in [2.05, 4.69) is 15.9 Å². The summed E-state index contributed by atoms with van der Waals surface area (Å²) in [5.74, 6) is 0.185. The Hall–Kier alpha value is 0.110. The normalized spacial score (nSPS) is 28.0. The van der Waals surface area contributed by atoms with Crippen molar-refractivity contribution in [2.75, 3.05) is 6.61 Å². The molecule has 0 aromatic heterocycles. The van der Waals surface area contributed by atoms with E-state index in [1.54, 1.807) is 0 Å². The first-order valence-corrected chi connectivity index (χ1v) is 4.93. The smallest absolute Gasteiger partial charge is 0.174 e. The molecule has 0 aromatic carbocycles. The van der Waals surface area contributed by atoms with E-state index >= 15 is 0 Å². The van der Waals surface area contributed by atoms with Crippen LogP contribution in [0.4, 0.5) is 0 Å². The first-order chi connectivity index (χ1) is 5.22. The fraction of sp³-hybridized carbons (Fsp3) is 0.875. The average Bonchev–Trinajstić information content (AvgIpc) is 2.05.